The number of rotatable bonds is 9. The first-order valence-electron chi connectivity index (χ1n) is 11.9. The van der Waals surface area contributed by atoms with Crippen molar-refractivity contribution in [1.82, 2.24) is 10.2 Å². The van der Waals surface area contributed by atoms with Gasteiger partial charge in [0.2, 0.25) is 5.91 Å². The number of alkyl carbamates (subject to hydrolysis) is 1. The van der Waals surface area contributed by atoms with Crippen LogP contribution in [0.1, 0.15) is 50.7 Å². The monoisotopic (exact) mass is 464 g/mol. The van der Waals surface area contributed by atoms with E-state index in [1.807, 2.05) is 38.1 Å². The summed E-state index contributed by atoms with van der Waals surface area (Å²) in [5, 5.41) is 12.1. The molecule has 7 heteroatoms. The summed E-state index contributed by atoms with van der Waals surface area (Å²) in [5.41, 5.74) is 4.58. The largest absolute Gasteiger partial charge is 0.480 e. The van der Waals surface area contributed by atoms with Gasteiger partial charge in [-0.15, -0.1) is 0 Å². The minimum absolute atomic E-state index is 0.0218. The molecule has 0 aromatic heterocycles. The lowest BCUT2D eigenvalue weighted by atomic mass is 9.87. The second kappa shape index (κ2) is 9.87. The highest BCUT2D eigenvalue weighted by molar-refractivity contribution is 5.85. The van der Waals surface area contributed by atoms with Crippen molar-refractivity contribution in [2.24, 2.45) is 11.8 Å². The number of hydrogen-bond donors (Lipinski definition) is 2. The second-order valence-corrected chi connectivity index (χ2v) is 9.62. The summed E-state index contributed by atoms with van der Waals surface area (Å²) in [6.45, 7) is 5.47. The second-order valence-electron chi connectivity index (χ2n) is 9.62. The Bertz CT molecular complexity index is 1030. The van der Waals surface area contributed by atoms with E-state index in [-0.39, 0.29) is 36.9 Å². The zero-order valence-corrected chi connectivity index (χ0v) is 19.9. The highest BCUT2D eigenvalue weighted by atomic mass is 16.5. The van der Waals surface area contributed by atoms with E-state index in [1.165, 1.54) is 4.90 Å². The summed E-state index contributed by atoms with van der Waals surface area (Å²) in [6.07, 6.45) is 1.06. The molecule has 2 N–H and O–H groups in total. The molecule has 0 heterocycles. The van der Waals surface area contributed by atoms with Crippen LogP contribution in [0, 0.1) is 11.8 Å². The molecule has 7 nitrogen and oxygen atoms in total. The molecule has 0 saturated heterocycles. The molecule has 2 aliphatic carbocycles. The minimum atomic E-state index is -1.03. The molecular formula is C27H32N2O5. The van der Waals surface area contributed by atoms with Gasteiger partial charge in [0.05, 0.1) is 5.92 Å². The maximum absolute atomic E-state index is 13.2. The van der Waals surface area contributed by atoms with Crippen LogP contribution < -0.4 is 5.32 Å². The average Bonchev–Trinajstić information content (AvgIpc) is 3.58. The molecule has 2 unspecified atom stereocenters. The quantitative estimate of drug-likeness (QED) is 0.578. The molecule has 2 aliphatic rings. The van der Waals surface area contributed by atoms with Crippen LogP contribution in [0.3, 0.4) is 0 Å². The normalized spacial score (nSPS) is 16.4. The number of carbonyl (C=O) groups is 3. The van der Waals surface area contributed by atoms with E-state index in [0.717, 1.165) is 35.1 Å². The summed E-state index contributed by atoms with van der Waals surface area (Å²) in [7, 11) is 0. The van der Waals surface area contributed by atoms with E-state index >= 15 is 0 Å². The molecule has 34 heavy (non-hydrogen) atoms. The van der Waals surface area contributed by atoms with Crippen molar-refractivity contribution >= 4 is 18.0 Å². The molecule has 1 fully saturated rings. The summed E-state index contributed by atoms with van der Waals surface area (Å²) in [4.78, 5) is 38.7. The Hall–Kier alpha value is -3.35. The SMILES string of the molecule is CC(C)C(C(=O)N(CC(=O)O)C1CC1)C(C)NC(=O)OCC1c2ccccc2-c2ccccc21. The van der Waals surface area contributed by atoms with Gasteiger partial charge in [-0.2, -0.15) is 0 Å². The zero-order chi connectivity index (χ0) is 24.4. The highest BCUT2D eigenvalue weighted by Gasteiger charge is 2.40. The predicted octanol–water partition coefficient (Wildman–Crippen LogP) is 4.26. The predicted molar refractivity (Wildman–Crippen MR) is 128 cm³/mol. The number of benzene rings is 2. The van der Waals surface area contributed by atoms with Crippen LogP contribution in [0.2, 0.25) is 0 Å². The van der Waals surface area contributed by atoms with E-state index in [0.29, 0.717) is 0 Å². The van der Waals surface area contributed by atoms with Crippen molar-refractivity contribution in [3.8, 4) is 11.1 Å². The lowest BCUT2D eigenvalue weighted by Crippen LogP contribution is -2.50. The van der Waals surface area contributed by atoms with Gasteiger partial charge in [-0.25, -0.2) is 4.79 Å². The van der Waals surface area contributed by atoms with Crippen molar-refractivity contribution in [2.45, 2.75) is 51.6 Å². The number of carbonyl (C=O) groups excluding carboxylic acids is 2. The van der Waals surface area contributed by atoms with Crippen LogP contribution in [0.5, 0.6) is 0 Å². The fourth-order valence-corrected chi connectivity index (χ4v) is 5.10. The number of nitrogens with one attached hydrogen (secondary N) is 1. The van der Waals surface area contributed by atoms with Gasteiger partial charge in [0.15, 0.2) is 0 Å². The number of carboxylic acid groups (broad SMARTS) is 1. The van der Waals surface area contributed by atoms with Crippen molar-refractivity contribution in [1.29, 1.82) is 0 Å². The fraction of sp³-hybridized carbons (Fsp3) is 0.444. The first kappa shape index (κ1) is 23.8. The standard InChI is InChI=1S/C27H32N2O5/c1-16(2)25(26(32)29(14-24(30)31)18-12-13-18)17(3)28-27(33)34-15-23-21-10-6-4-8-19(21)20-9-5-7-11-22(20)23/h4-11,16-18,23,25H,12-15H2,1-3H3,(H,28,33)(H,30,31). The Morgan fingerprint density at radius 3 is 2.06 bits per heavy atom. The summed E-state index contributed by atoms with van der Waals surface area (Å²) in [6, 6.07) is 15.7. The fourth-order valence-electron chi connectivity index (χ4n) is 5.10. The average molecular weight is 465 g/mol. The Morgan fingerprint density at radius 1 is 1.00 bits per heavy atom. The van der Waals surface area contributed by atoms with Gasteiger partial charge in [0, 0.05) is 18.0 Å². The Kier molecular flexibility index (Phi) is 6.91. The van der Waals surface area contributed by atoms with Crippen LogP contribution in [-0.2, 0) is 14.3 Å². The summed E-state index contributed by atoms with van der Waals surface area (Å²) in [5.74, 6) is -1.92. The van der Waals surface area contributed by atoms with Gasteiger partial charge in [0.1, 0.15) is 13.2 Å². The molecule has 2 atom stereocenters. The van der Waals surface area contributed by atoms with E-state index in [2.05, 4.69) is 29.6 Å². The zero-order valence-electron chi connectivity index (χ0n) is 19.9. The maximum atomic E-state index is 13.2. The van der Waals surface area contributed by atoms with Crippen LogP contribution in [0.4, 0.5) is 4.79 Å². The Morgan fingerprint density at radius 2 is 1.56 bits per heavy atom. The van der Waals surface area contributed by atoms with Crippen molar-refractivity contribution in [3.63, 3.8) is 0 Å². The molecule has 4 rings (SSSR count). The lowest BCUT2D eigenvalue weighted by molar-refractivity contribution is -0.148. The van der Waals surface area contributed by atoms with E-state index in [4.69, 9.17) is 4.74 Å². The number of carboxylic acids is 1. The van der Waals surface area contributed by atoms with Crippen molar-refractivity contribution in [3.05, 3.63) is 59.7 Å². The number of amides is 2. The van der Waals surface area contributed by atoms with Crippen molar-refractivity contribution < 1.29 is 24.2 Å². The molecule has 180 valence electrons. The van der Waals surface area contributed by atoms with Crippen LogP contribution in [0.25, 0.3) is 11.1 Å². The van der Waals surface area contributed by atoms with Crippen molar-refractivity contribution in [2.75, 3.05) is 13.2 Å². The molecule has 1 saturated carbocycles. The molecule has 2 amide bonds. The van der Waals surface area contributed by atoms with E-state index < -0.39 is 24.0 Å². The summed E-state index contributed by atoms with van der Waals surface area (Å²) >= 11 is 0. The topological polar surface area (TPSA) is 95.9 Å². The Balaban J connectivity index is 1.41. The van der Waals surface area contributed by atoms with Gasteiger partial charge in [-0.3, -0.25) is 9.59 Å². The number of fused-ring (bicyclic) bond motifs is 3. The van der Waals surface area contributed by atoms with E-state index in [1.54, 1.807) is 6.92 Å². The van der Waals surface area contributed by atoms with Crippen LogP contribution in [-0.4, -0.2) is 53.2 Å². The number of ether oxygens (including phenoxy) is 1. The lowest BCUT2D eigenvalue weighted by Gasteiger charge is -2.32. The molecule has 2 aromatic carbocycles. The van der Waals surface area contributed by atoms with Crippen LogP contribution in [0.15, 0.2) is 48.5 Å². The third-order valence-electron chi connectivity index (χ3n) is 6.81. The highest BCUT2D eigenvalue weighted by Crippen LogP contribution is 2.44. The molecule has 0 radical (unpaired) electrons. The van der Waals surface area contributed by atoms with Gasteiger partial charge in [-0.1, -0.05) is 62.4 Å². The number of hydrogen-bond acceptors (Lipinski definition) is 4. The van der Waals surface area contributed by atoms with E-state index in [9.17, 15) is 19.5 Å². The van der Waals surface area contributed by atoms with Gasteiger partial charge in [-0.05, 0) is 47.9 Å². The first-order chi connectivity index (χ1) is 16.3. The molecule has 0 spiro atoms. The maximum Gasteiger partial charge on any atom is 0.407 e. The molecule has 0 bridgehead atoms. The molecule has 2 aromatic rings. The van der Waals surface area contributed by atoms with Crippen LogP contribution >= 0.6 is 0 Å². The smallest absolute Gasteiger partial charge is 0.407 e. The third-order valence-corrected chi connectivity index (χ3v) is 6.81. The molecule has 0 aliphatic heterocycles. The van der Waals surface area contributed by atoms with Gasteiger partial charge >= 0.3 is 12.1 Å². The third kappa shape index (κ3) is 4.93. The summed E-state index contributed by atoms with van der Waals surface area (Å²) < 4.78 is 5.64. The van der Waals surface area contributed by atoms with Gasteiger partial charge in [0.25, 0.3) is 0 Å². The van der Waals surface area contributed by atoms with Gasteiger partial charge < -0.3 is 20.1 Å². The minimum Gasteiger partial charge on any atom is -0.480 e. The first-order valence-corrected chi connectivity index (χ1v) is 11.9. The molecular weight excluding hydrogens is 432 g/mol. The number of nitrogens with zero attached hydrogens (tertiary/aromatic N) is 1. The number of aliphatic carboxylic acids is 1. The Labute approximate surface area is 200 Å².